The van der Waals surface area contributed by atoms with Crippen molar-refractivity contribution >= 4 is 49.8 Å². The van der Waals surface area contributed by atoms with E-state index in [1.165, 1.54) is 55.6 Å². The Morgan fingerprint density at radius 3 is 1.43 bits per heavy atom. The molecule has 1 aromatic heterocycles. The largest absolute Gasteiger partial charge is 0.455 e. The first-order valence-corrected chi connectivity index (χ1v) is 23.1. The zero-order chi connectivity index (χ0) is 44.3. The molecule has 0 saturated heterocycles. The van der Waals surface area contributed by atoms with Crippen molar-refractivity contribution in [3.05, 3.63) is 283 Å². The Morgan fingerprint density at radius 1 is 0.299 bits per heavy atom. The molecule has 67 heavy (non-hydrogen) atoms. The van der Waals surface area contributed by atoms with E-state index in [0.717, 1.165) is 60.9 Å². The van der Waals surface area contributed by atoms with Gasteiger partial charge in [-0.25, -0.2) is 0 Å². The normalized spacial score (nSPS) is 12.6. The average Bonchev–Trinajstić information content (AvgIpc) is 3.93. The van der Waals surface area contributed by atoms with Crippen molar-refractivity contribution in [2.75, 3.05) is 4.90 Å². The first-order valence-electron chi connectivity index (χ1n) is 23.1. The lowest BCUT2D eigenvalue weighted by molar-refractivity contribution is 0.673. The third-order valence-electron chi connectivity index (χ3n) is 13.9. The zero-order valence-corrected chi connectivity index (χ0v) is 36.7. The van der Waals surface area contributed by atoms with Crippen LogP contribution >= 0.6 is 0 Å². The van der Waals surface area contributed by atoms with Crippen LogP contribution in [0.25, 0.3) is 77.2 Å². The number of fused-ring (bicyclic) bond motifs is 8. The smallest absolute Gasteiger partial charge is 0.143 e. The van der Waals surface area contributed by atoms with Crippen LogP contribution in [0.4, 0.5) is 17.1 Å². The first kappa shape index (κ1) is 38.7. The molecule has 1 aliphatic rings. The van der Waals surface area contributed by atoms with Crippen molar-refractivity contribution in [3.63, 3.8) is 0 Å². The van der Waals surface area contributed by atoms with Gasteiger partial charge in [-0.1, -0.05) is 218 Å². The van der Waals surface area contributed by atoms with Gasteiger partial charge in [0, 0.05) is 32.9 Å². The van der Waals surface area contributed by atoms with Crippen molar-refractivity contribution in [2.24, 2.45) is 0 Å². The summed E-state index contributed by atoms with van der Waals surface area (Å²) in [5.74, 6) is 0. The van der Waals surface area contributed by atoms with Gasteiger partial charge >= 0.3 is 0 Å². The molecule has 0 unspecified atom stereocenters. The molecule has 13 rings (SSSR count). The predicted octanol–water partition coefficient (Wildman–Crippen LogP) is 17.6. The highest BCUT2D eigenvalue weighted by Crippen LogP contribution is 2.58. The Kier molecular flexibility index (Phi) is 9.11. The molecule has 1 heterocycles. The fraction of sp³-hybridized carbons (Fsp3) is 0.0154. The number of nitrogens with zero attached hydrogens (tertiary/aromatic N) is 1. The van der Waals surface area contributed by atoms with Gasteiger partial charge in [0.15, 0.2) is 0 Å². The van der Waals surface area contributed by atoms with E-state index >= 15 is 0 Å². The Balaban J connectivity index is 1.10. The summed E-state index contributed by atoms with van der Waals surface area (Å²) >= 11 is 0. The lowest BCUT2D eigenvalue weighted by Crippen LogP contribution is -2.28. The molecule has 0 amide bonds. The highest BCUT2D eigenvalue weighted by atomic mass is 16.3. The summed E-state index contributed by atoms with van der Waals surface area (Å²) in [6, 6.07) is 95.0. The third kappa shape index (κ3) is 6.18. The topological polar surface area (TPSA) is 16.4 Å². The fourth-order valence-electron chi connectivity index (χ4n) is 11.0. The van der Waals surface area contributed by atoms with Crippen molar-refractivity contribution in [1.29, 1.82) is 0 Å². The van der Waals surface area contributed by atoms with Crippen LogP contribution in [-0.2, 0) is 5.41 Å². The average molecular weight is 854 g/mol. The molecule has 2 nitrogen and oxygen atoms in total. The van der Waals surface area contributed by atoms with Crippen LogP contribution < -0.4 is 4.90 Å². The van der Waals surface area contributed by atoms with Crippen LogP contribution in [0, 0.1) is 0 Å². The molecule has 0 radical (unpaired) electrons. The first-order chi connectivity index (χ1) is 33.2. The second kappa shape index (κ2) is 15.8. The molecule has 0 bridgehead atoms. The van der Waals surface area contributed by atoms with Crippen LogP contribution in [0.1, 0.15) is 22.3 Å². The zero-order valence-electron chi connectivity index (χ0n) is 36.7. The summed E-state index contributed by atoms with van der Waals surface area (Å²) in [5.41, 5.74) is 18.9. The summed E-state index contributed by atoms with van der Waals surface area (Å²) in [6.07, 6.45) is 0. The van der Waals surface area contributed by atoms with E-state index in [1.54, 1.807) is 0 Å². The highest BCUT2D eigenvalue weighted by Gasteiger charge is 2.46. The van der Waals surface area contributed by atoms with Crippen LogP contribution in [0.15, 0.2) is 265 Å². The van der Waals surface area contributed by atoms with Crippen molar-refractivity contribution in [1.82, 2.24) is 0 Å². The maximum Gasteiger partial charge on any atom is 0.143 e. The lowest BCUT2D eigenvalue weighted by Gasteiger charge is -2.35. The van der Waals surface area contributed by atoms with E-state index in [4.69, 9.17) is 4.42 Å². The molecular formula is C65H43NO. The lowest BCUT2D eigenvalue weighted by atomic mass is 9.67. The van der Waals surface area contributed by atoms with E-state index in [-0.39, 0.29) is 0 Å². The molecule has 2 heteroatoms. The molecule has 0 N–H and O–H groups in total. The monoisotopic (exact) mass is 853 g/mol. The third-order valence-corrected chi connectivity index (χ3v) is 13.9. The Hall–Kier alpha value is -8.72. The van der Waals surface area contributed by atoms with Crippen LogP contribution in [0.5, 0.6) is 0 Å². The molecule has 0 aliphatic heterocycles. The van der Waals surface area contributed by atoms with Gasteiger partial charge in [0.1, 0.15) is 11.2 Å². The van der Waals surface area contributed by atoms with Crippen molar-refractivity contribution in [3.8, 4) is 44.5 Å². The number of anilines is 3. The van der Waals surface area contributed by atoms with Gasteiger partial charge in [-0.05, 0) is 109 Å². The quantitative estimate of drug-likeness (QED) is 0.151. The Bertz CT molecular complexity index is 3730. The second-order valence-electron chi connectivity index (χ2n) is 17.6. The summed E-state index contributed by atoms with van der Waals surface area (Å²) in [7, 11) is 0. The van der Waals surface area contributed by atoms with Gasteiger partial charge in [-0.2, -0.15) is 0 Å². The minimum Gasteiger partial charge on any atom is -0.455 e. The van der Waals surface area contributed by atoms with E-state index in [0.29, 0.717) is 0 Å². The maximum atomic E-state index is 7.03. The molecule has 1 aliphatic carbocycles. The van der Waals surface area contributed by atoms with Crippen molar-refractivity contribution in [2.45, 2.75) is 5.41 Å². The van der Waals surface area contributed by atoms with Gasteiger partial charge in [0.25, 0.3) is 0 Å². The van der Waals surface area contributed by atoms with E-state index in [2.05, 4.69) is 266 Å². The van der Waals surface area contributed by atoms with E-state index in [1.807, 2.05) is 0 Å². The number of hydrogen-bond acceptors (Lipinski definition) is 2. The van der Waals surface area contributed by atoms with Gasteiger partial charge in [0.05, 0.1) is 11.1 Å². The SMILES string of the molecule is c1ccc(-c2ccc(N(c3ccc4c(c3)C(c3ccccc3)(c3ccccc3)c3ccccc3-4)c3cc4c5cc(-c6ccccc6)c(-c6ccccc6)cc5oc4c4ccccc34)cc2)cc1. The van der Waals surface area contributed by atoms with Crippen molar-refractivity contribution < 1.29 is 4.42 Å². The van der Waals surface area contributed by atoms with Gasteiger partial charge < -0.3 is 9.32 Å². The number of rotatable bonds is 8. The van der Waals surface area contributed by atoms with E-state index in [9.17, 15) is 0 Å². The molecule has 0 atom stereocenters. The standard InChI is InChI=1S/C65H43NO/c1-6-20-44(21-7-1)45-34-36-50(37-35-45)66(51-38-39-53-52-30-18-19-33-60(52)65(61(53)40-51,48-26-12-4-13-27-48)49-28-14-5-15-29-49)62-42-59-58-41-56(46-22-8-2-9-23-46)57(47-24-10-3-11-25-47)43-63(58)67-64(59)55-32-17-16-31-54(55)62/h1-43H. The minimum absolute atomic E-state index is 0.551. The summed E-state index contributed by atoms with van der Waals surface area (Å²) in [5, 5.41) is 4.32. The molecule has 314 valence electrons. The van der Waals surface area contributed by atoms with Gasteiger partial charge in [-0.3, -0.25) is 0 Å². The summed E-state index contributed by atoms with van der Waals surface area (Å²) in [4.78, 5) is 2.47. The van der Waals surface area contributed by atoms with Gasteiger partial charge in [-0.15, -0.1) is 0 Å². The van der Waals surface area contributed by atoms with Gasteiger partial charge in [0.2, 0.25) is 0 Å². The predicted molar refractivity (Wildman–Crippen MR) is 280 cm³/mol. The molecule has 11 aromatic carbocycles. The number of benzene rings is 11. The van der Waals surface area contributed by atoms with Crippen LogP contribution in [0.2, 0.25) is 0 Å². The van der Waals surface area contributed by atoms with E-state index < -0.39 is 5.41 Å². The fourth-order valence-corrected chi connectivity index (χ4v) is 11.0. The molecule has 0 spiro atoms. The molecule has 12 aromatic rings. The molecular weight excluding hydrogens is 811 g/mol. The Labute approximate surface area is 390 Å². The molecule has 0 fully saturated rings. The Morgan fingerprint density at radius 2 is 0.791 bits per heavy atom. The summed E-state index contributed by atoms with van der Waals surface area (Å²) in [6.45, 7) is 0. The second-order valence-corrected chi connectivity index (χ2v) is 17.6. The highest BCUT2D eigenvalue weighted by molar-refractivity contribution is 6.21. The number of hydrogen-bond donors (Lipinski definition) is 0. The van der Waals surface area contributed by atoms with Crippen LogP contribution in [-0.4, -0.2) is 0 Å². The molecule has 0 saturated carbocycles. The number of furan rings is 1. The maximum absolute atomic E-state index is 7.03. The summed E-state index contributed by atoms with van der Waals surface area (Å²) < 4.78 is 7.03. The minimum atomic E-state index is -0.551. The van der Waals surface area contributed by atoms with Crippen LogP contribution in [0.3, 0.4) is 0 Å².